The Kier molecular flexibility index (Phi) is 4.99. The van der Waals surface area contributed by atoms with Crippen LogP contribution in [-0.2, 0) is 0 Å². The van der Waals surface area contributed by atoms with Gasteiger partial charge in [-0.1, -0.05) is 32.1 Å². The van der Waals surface area contributed by atoms with Crippen LogP contribution in [0, 0.1) is 5.92 Å². The Bertz CT molecular complexity index is 561. The van der Waals surface area contributed by atoms with Gasteiger partial charge in [0.1, 0.15) is 0 Å². The van der Waals surface area contributed by atoms with Gasteiger partial charge in [-0.3, -0.25) is 9.59 Å². The van der Waals surface area contributed by atoms with Gasteiger partial charge >= 0.3 is 0 Å². The summed E-state index contributed by atoms with van der Waals surface area (Å²) in [6.45, 7) is 0.855. The Morgan fingerprint density at radius 2 is 1.61 bits per heavy atom. The summed E-state index contributed by atoms with van der Waals surface area (Å²) in [5.74, 6) is 0.430. The van der Waals surface area contributed by atoms with E-state index in [0.717, 1.165) is 31.7 Å². The van der Waals surface area contributed by atoms with Crippen LogP contribution < -0.4 is 5.73 Å². The molecule has 1 saturated carbocycles. The summed E-state index contributed by atoms with van der Waals surface area (Å²) >= 11 is 0. The number of primary amides is 1. The predicted molar refractivity (Wildman–Crippen MR) is 90.2 cm³/mol. The lowest BCUT2D eigenvalue weighted by atomic mass is 9.84. The lowest BCUT2D eigenvalue weighted by Crippen LogP contribution is -2.37. The first-order valence-corrected chi connectivity index (χ1v) is 8.86. The van der Waals surface area contributed by atoms with Crippen molar-refractivity contribution in [2.75, 3.05) is 6.54 Å². The van der Waals surface area contributed by atoms with Crippen molar-refractivity contribution in [1.82, 2.24) is 4.90 Å². The van der Waals surface area contributed by atoms with Crippen molar-refractivity contribution in [3.8, 4) is 0 Å². The van der Waals surface area contributed by atoms with Gasteiger partial charge in [0, 0.05) is 23.7 Å². The second-order valence-corrected chi connectivity index (χ2v) is 6.98. The average molecular weight is 314 g/mol. The molecule has 0 radical (unpaired) electrons. The average Bonchev–Trinajstić information content (AvgIpc) is 3.03. The third-order valence-electron chi connectivity index (χ3n) is 5.38. The molecule has 1 saturated heterocycles. The molecule has 1 aromatic carbocycles. The van der Waals surface area contributed by atoms with Gasteiger partial charge in [0.15, 0.2) is 0 Å². The zero-order chi connectivity index (χ0) is 16.2. The minimum absolute atomic E-state index is 0.0966. The summed E-state index contributed by atoms with van der Waals surface area (Å²) in [5, 5.41) is 0. The first kappa shape index (κ1) is 16.0. The molecule has 2 N–H and O–H groups in total. The smallest absolute Gasteiger partial charge is 0.254 e. The van der Waals surface area contributed by atoms with Gasteiger partial charge in [-0.05, 0) is 49.4 Å². The minimum Gasteiger partial charge on any atom is -0.366 e. The zero-order valence-corrected chi connectivity index (χ0v) is 13.7. The topological polar surface area (TPSA) is 63.4 Å². The normalized spacial score (nSPS) is 22.3. The van der Waals surface area contributed by atoms with E-state index in [9.17, 15) is 9.59 Å². The molecule has 4 heteroatoms. The van der Waals surface area contributed by atoms with Crippen LogP contribution >= 0.6 is 0 Å². The van der Waals surface area contributed by atoms with Gasteiger partial charge in [-0.15, -0.1) is 0 Å². The standard InChI is InChI=1S/C19H26N2O2/c20-18(22)15-8-10-16(11-9-15)19(23)21-12-4-7-17(21)13-14-5-2-1-3-6-14/h8-11,14,17H,1-7,12-13H2,(H2,20,22). The molecule has 2 aliphatic rings. The highest BCUT2D eigenvalue weighted by atomic mass is 16.2. The van der Waals surface area contributed by atoms with Gasteiger partial charge in [0.05, 0.1) is 0 Å². The quantitative estimate of drug-likeness (QED) is 0.926. The maximum absolute atomic E-state index is 12.8. The maximum atomic E-state index is 12.8. The molecule has 0 aromatic heterocycles. The van der Waals surface area contributed by atoms with Crippen LogP contribution in [0.2, 0.25) is 0 Å². The number of carbonyl (C=O) groups excluding carboxylic acids is 2. The van der Waals surface area contributed by atoms with E-state index in [4.69, 9.17) is 5.73 Å². The Labute approximate surface area is 138 Å². The molecule has 2 amide bonds. The van der Waals surface area contributed by atoms with Crippen molar-refractivity contribution >= 4 is 11.8 Å². The van der Waals surface area contributed by atoms with Crippen molar-refractivity contribution in [1.29, 1.82) is 0 Å². The van der Waals surface area contributed by atoms with E-state index in [1.165, 1.54) is 32.1 Å². The molecular formula is C19H26N2O2. The van der Waals surface area contributed by atoms with Gasteiger partial charge in [0.25, 0.3) is 5.91 Å². The lowest BCUT2D eigenvalue weighted by Gasteiger charge is -2.30. The summed E-state index contributed by atoms with van der Waals surface area (Å²) in [6, 6.07) is 7.11. The summed E-state index contributed by atoms with van der Waals surface area (Å²) in [7, 11) is 0. The fraction of sp³-hybridized carbons (Fsp3) is 0.579. The van der Waals surface area contributed by atoms with Gasteiger partial charge < -0.3 is 10.6 Å². The third-order valence-corrected chi connectivity index (χ3v) is 5.38. The molecule has 0 spiro atoms. The Hall–Kier alpha value is -1.84. The largest absolute Gasteiger partial charge is 0.366 e. The second-order valence-electron chi connectivity index (χ2n) is 6.98. The Morgan fingerprint density at radius 1 is 0.957 bits per heavy atom. The first-order chi connectivity index (χ1) is 11.1. The summed E-state index contributed by atoms with van der Waals surface area (Å²) in [6.07, 6.45) is 10.1. The van der Waals surface area contributed by atoms with Crippen molar-refractivity contribution in [3.05, 3.63) is 35.4 Å². The molecule has 3 rings (SSSR count). The molecule has 124 valence electrons. The van der Waals surface area contributed by atoms with E-state index < -0.39 is 5.91 Å². The van der Waals surface area contributed by atoms with Crippen molar-refractivity contribution in [3.63, 3.8) is 0 Å². The number of hydrogen-bond acceptors (Lipinski definition) is 2. The number of likely N-dealkylation sites (tertiary alicyclic amines) is 1. The van der Waals surface area contributed by atoms with Crippen LogP contribution in [0.3, 0.4) is 0 Å². The van der Waals surface area contributed by atoms with Crippen LogP contribution in [-0.4, -0.2) is 29.3 Å². The molecule has 0 bridgehead atoms. The molecule has 1 aliphatic heterocycles. The number of carbonyl (C=O) groups is 2. The van der Waals surface area contributed by atoms with Crippen molar-refractivity contribution in [2.45, 2.75) is 57.4 Å². The molecule has 23 heavy (non-hydrogen) atoms. The van der Waals surface area contributed by atoms with Gasteiger partial charge in [0.2, 0.25) is 5.91 Å². The Balaban J connectivity index is 1.66. The van der Waals surface area contributed by atoms with Crippen LogP contribution in [0.4, 0.5) is 0 Å². The fourth-order valence-electron chi connectivity index (χ4n) is 4.10. The summed E-state index contributed by atoms with van der Waals surface area (Å²) in [4.78, 5) is 26.0. The molecule has 1 aliphatic carbocycles. The van der Waals surface area contributed by atoms with E-state index in [0.29, 0.717) is 17.2 Å². The van der Waals surface area contributed by atoms with Crippen LogP contribution in [0.5, 0.6) is 0 Å². The van der Waals surface area contributed by atoms with E-state index in [-0.39, 0.29) is 5.91 Å². The fourth-order valence-corrected chi connectivity index (χ4v) is 4.10. The van der Waals surface area contributed by atoms with Crippen molar-refractivity contribution < 1.29 is 9.59 Å². The molecule has 4 nitrogen and oxygen atoms in total. The molecule has 1 aromatic rings. The van der Waals surface area contributed by atoms with Gasteiger partial charge in [-0.2, -0.15) is 0 Å². The summed E-state index contributed by atoms with van der Waals surface area (Å²) in [5.41, 5.74) is 6.36. The van der Waals surface area contributed by atoms with Crippen molar-refractivity contribution in [2.24, 2.45) is 11.7 Å². The summed E-state index contributed by atoms with van der Waals surface area (Å²) < 4.78 is 0. The molecule has 1 atom stereocenters. The number of amides is 2. The monoisotopic (exact) mass is 314 g/mol. The number of hydrogen-bond donors (Lipinski definition) is 1. The SMILES string of the molecule is NC(=O)c1ccc(C(=O)N2CCCC2CC2CCCCC2)cc1. The number of benzene rings is 1. The Morgan fingerprint density at radius 3 is 2.26 bits per heavy atom. The molecular weight excluding hydrogens is 288 g/mol. The predicted octanol–water partition coefficient (Wildman–Crippen LogP) is 3.36. The van der Waals surface area contributed by atoms with Crippen LogP contribution in [0.15, 0.2) is 24.3 Å². The minimum atomic E-state index is -0.458. The lowest BCUT2D eigenvalue weighted by molar-refractivity contribution is 0.0711. The molecule has 1 heterocycles. The highest BCUT2D eigenvalue weighted by molar-refractivity contribution is 5.97. The van der Waals surface area contributed by atoms with E-state index in [1.807, 2.05) is 4.90 Å². The first-order valence-electron chi connectivity index (χ1n) is 8.86. The van der Waals surface area contributed by atoms with E-state index in [2.05, 4.69) is 0 Å². The number of rotatable bonds is 4. The van der Waals surface area contributed by atoms with E-state index in [1.54, 1.807) is 24.3 Å². The van der Waals surface area contributed by atoms with Crippen LogP contribution in [0.1, 0.15) is 72.1 Å². The highest BCUT2D eigenvalue weighted by Gasteiger charge is 2.31. The van der Waals surface area contributed by atoms with E-state index >= 15 is 0 Å². The van der Waals surface area contributed by atoms with Crippen LogP contribution in [0.25, 0.3) is 0 Å². The number of nitrogens with two attached hydrogens (primary N) is 1. The molecule has 1 unspecified atom stereocenters. The number of nitrogens with zero attached hydrogens (tertiary/aromatic N) is 1. The second kappa shape index (κ2) is 7.16. The molecule has 2 fully saturated rings. The zero-order valence-electron chi connectivity index (χ0n) is 13.7. The van der Waals surface area contributed by atoms with Gasteiger partial charge in [-0.25, -0.2) is 0 Å². The third kappa shape index (κ3) is 3.74. The highest BCUT2D eigenvalue weighted by Crippen LogP contribution is 2.32. The maximum Gasteiger partial charge on any atom is 0.254 e.